The number of Topliss-reactive ketones (excluding diaryl/α,β-unsaturated/α-hetero) is 1. The van der Waals surface area contributed by atoms with Crippen LogP contribution in [-0.2, 0) is 23.8 Å². The van der Waals surface area contributed by atoms with Crippen molar-refractivity contribution in [2.24, 2.45) is 5.73 Å². The van der Waals surface area contributed by atoms with E-state index >= 15 is 0 Å². The Balaban J connectivity index is 2.98. The van der Waals surface area contributed by atoms with E-state index in [0.29, 0.717) is 46.1 Å². The molecule has 0 fully saturated rings. The molecule has 0 heterocycles. The zero-order valence-electron chi connectivity index (χ0n) is 10.3. The molecule has 100 valence electrons. The van der Waals surface area contributed by atoms with E-state index in [4.69, 9.17) is 19.9 Å². The Morgan fingerprint density at radius 2 is 1.24 bits per heavy atom. The van der Waals surface area contributed by atoms with Gasteiger partial charge in [0.2, 0.25) is 5.91 Å². The molecule has 0 aromatic carbocycles. The lowest BCUT2D eigenvalue weighted by atomic mass is 10.3. The summed E-state index contributed by atoms with van der Waals surface area (Å²) in [5.41, 5.74) is 4.93. The SMILES string of the molecule is CC(=O)CCOCCOCCOCCC(N)=O. The third kappa shape index (κ3) is 15.0. The molecular formula is C11H21NO5. The van der Waals surface area contributed by atoms with Crippen molar-refractivity contribution in [3.63, 3.8) is 0 Å². The Hall–Kier alpha value is -0.980. The molecule has 6 nitrogen and oxygen atoms in total. The molecule has 0 aliphatic rings. The summed E-state index contributed by atoms with van der Waals surface area (Å²) in [5, 5.41) is 0. The second-order valence-corrected chi connectivity index (χ2v) is 3.51. The molecule has 0 saturated heterocycles. The highest BCUT2D eigenvalue weighted by molar-refractivity contribution is 5.75. The Labute approximate surface area is 101 Å². The lowest BCUT2D eigenvalue weighted by Gasteiger charge is -2.05. The fourth-order valence-electron chi connectivity index (χ4n) is 0.931. The van der Waals surface area contributed by atoms with Gasteiger partial charge in [-0.25, -0.2) is 0 Å². The van der Waals surface area contributed by atoms with E-state index in [0.717, 1.165) is 0 Å². The van der Waals surface area contributed by atoms with Crippen molar-refractivity contribution in [3.05, 3.63) is 0 Å². The van der Waals surface area contributed by atoms with Gasteiger partial charge in [0.1, 0.15) is 5.78 Å². The molecule has 0 spiro atoms. The first-order chi connectivity index (χ1) is 8.13. The van der Waals surface area contributed by atoms with Gasteiger partial charge in [-0.3, -0.25) is 9.59 Å². The number of primary amides is 1. The molecule has 0 aromatic heterocycles. The van der Waals surface area contributed by atoms with Crippen molar-refractivity contribution in [2.75, 3.05) is 39.6 Å². The summed E-state index contributed by atoms with van der Waals surface area (Å²) < 4.78 is 15.4. The number of carbonyl (C=O) groups is 2. The maximum absolute atomic E-state index is 10.6. The van der Waals surface area contributed by atoms with Crippen molar-refractivity contribution < 1.29 is 23.8 Å². The molecule has 0 unspecified atom stereocenters. The van der Waals surface area contributed by atoms with Gasteiger partial charge in [0, 0.05) is 12.8 Å². The zero-order valence-corrected chi connectivity index (χ0v) is 10.3. The summed E-state index contributed by atoms with van der Waals surface area (Å²) in [6, 6.07) is 0. The van der Waals surface area contributed by atoms with Crippen LogP contribution in [0.15, 0.2) is 0 Å². The molecule has 2 N–H and O–H groups in total. The van der Waals surface area contributed by atoms with E-state index in [1.54, 1.807) is 0 Å². The van der Waals surface area contributed by atoms with E-state index in [-0.39, 0.29) is 18.1 Å². The number of rotatable bonds is 12. The monoisotopic (exact) mass is 247 g/mol. The van der Waals surface area contributed by atoms with Crippen LogP contribution in [0.5, 0.6) is 0 Å². The van der Waals surface area contributed by atoms with Crippen LogP contribution in [0.2, 0.25) is 0 Å². The van der Waals surface area contributed by atoms with Crippen molar-refractivity contribution in [3.8, 4) is 0 Å². The Morgan fingerprint density at radius 1 is 0.824 bits per heavy atom. The Kier molecular flexibility index (Phi) is 10.8. The van der Waals surface area contributed by atoms with E-state index in [1.165, 1.54) is 6.92 Å². The minimum Gasteiger partial charge on any atom is -0.379 e. The van der Waals surface area contributed by atoms with Crippen LogP contribution in [0.25, 0.3) is 0 Å². The summed E-state index contributed by atoms with van der Waals surface area (Å²) in [5.74, 6) is -0.251. The summed E-state index contributed by atoms with van der Waals surface area (Å²) in [7, 11) is 0. The van der Waals surface area contributed by atoms with Crippen molar-refractivity contribution in [1.82, 2.24) is 0 Å². The molecule has 0 aromatic rings. The Morgan fingerprint density at radius 3 is 1.65 bits per heavy atom. The van der Waals surface area contributed by atoms with Gasteiger partial charge in [0.05, 0.1) is 39.6 Å². The third-order valence-corrected chi connectivity index (χ3v) is 1.84. The molecular weight excluding hydrogens is 226 g/mol. The van der Waals surface area contributed by atoms with Gasteiger partial charge >= 0.3 is 0 Å². The molecule has 0 atom stereocenters. The van der Waals surface area contributed by atoms with Crippen molar-refractivity contribution >= 4 is 11.7 Å². The summed E-state index contributed by atoms with van der Waals surface area (Å²) in [6.07, 6.45) is 0.671. The van der Waals surface area contributed by atoms with Crippen LogP contribution in [0.1, 0.15) is 19.8 Å². The van der Waals surface area contributed by atoms with Crippen LogP contribution >= 0.6 is 0 Å². The van der Waals surface area contributed by atoms with E-state index in [2.05, 4.69) is 0 Å². The predicted molar refractivity (Wildman–Crippen MR) is 61.6 cm³/mol. The largest absolute Gasteiger partial charge is 0.379 e. The number of amides is 1. The molecule has 1 amide bonds. The minimum absolute atomic E-state index is 0.119. The fourth-order valence-corrected chi connectivity index (χ4v) is 0.931. The maximum atomic E-state index is 10.6. The van der Waals surface area contributed by atoms with E-state index in [9.17, 15) is 9.59 Å². The normalized spacial score (nSPS) is 10.4. The van der Waals surface area contributed by atoms with Gasteiger partial charge in [-0.05, 0) is 6.92 Å². The first-order valence-corrected chi connectivity index (χ1v) is 5.64. The molecule has 17 heavy (non-hydrogen) atoms. The highest BCUT2D eigenvalue weighted by Gasteiger charge is 1.95. The van der Waals surface area contributed by atoms with Crippen LogP contribution in [0.4, 0.5) is 0 Å². The van der Waals surface area contributed by atoms with E-state index < -0.39 is 0 Å². The molecule has 0 bridgehead atoms. The van der Waals surface area contributed by atoms with Gasteiger partial charge in [-0.15, -0.1) is 0 Å². The van der Waals surface area contributed by atoms with Gasteiger partial charge < -0.3 is 19.9 Å². The first kappa shape index (κ1) is 16.0. The lowest BCUT2D eigenvalue weighted by molar-refractivity contribution is -0.119. The van der Waals surface area contributed by atoms with Crippen molar-refractivity contribution in [1.29, 1.82) is 0 Å². The zero-order chi connectivity index (χ0) is 12.9. The number of ketones is 1. The van der Waals surface area contributed by atoms with Gasteiger partial charge in [0.25, 0.3) is 0 Å². The number of carbonyl (C=O) groups excluding carboxylic acids is 2. The molecule has 0 aliphatic carbocycles. The summed E-state index contributed by atoms with van der Waals surface area (Å²) in [6.45, 7) is 4.12. The maximum Gasteiger partial charge on any atom is 0.219 e. The second kappa shape index (κ2) is 11.5. The fraction of sp³-hybridized carbons (Fsp3) is 0.818. The van der Waals surface area contributed by atoms with Gasteiger partial charge in [0.15, 0.2) is 0 Å². The van der Waals surface area contributed by atoms with Crippen LogP contribution in [0, 0.1) is 0 Å². The molecule has 6 heteroatoms. The topological polar surface area (TPSA) is 87.8 Å². The molecule has 0 radical (unpaired) electrons. The van der Waals surface area contributed by atoms with Crippen LogP contribution in [0.3, 0.4) is 0 Å². The van der Waals surface area contributed by atoms with Crippen LogP contribution in [-0.4, -0.2) is 51.3 Å². The smallest absolute Gasteiger partial charge is 0.219 e. The summed E-state index contributed by atoms with van der Waals surface area (Å²) >= 11 is 0. The predicted octanol–water partition coefficient (Wildman–Crippen LogP) is -0.109. The number of ether oxygens (including phenoxy) is 3. The average Bonchev–Trinajstić information content (AvgIpc) is 2.25. The highest BCUT2D eigenvalue weighted by atomic mass is 16.5. The standard InChI is InChI=1S/C11H21NO5/c1-10(13)2-4-15-6-8-17-9-7-16-5-3-11(12)14/h2-9H2,1H3,(H2,12,14). The minimum atomic E-state index is -0.371. The average molecular weight is 247 g/mol. The molecule has 0 saturated carbocycles. The number of hydrogen-bond donors (Lipinski definition) is 1. The van der Waals surface area contributed by atoms with Crippen LogP contribution < -0.4 is 5.73 Å². The highest BCUT2D eigenvalue weighted by Crippen LogP contribution is 1.86. The second-order valence-electron chi connectivity index (χ2n) is 3.51. The van der Waals surface area contributed by atoms with Gasteiger partial charge in [-0.1, -0.05) is 0 Å². The molecule has 0 rings (SSSR count). The first-order valence-electron chi connectivity index (χ1n) is 5.64. The quantitative estimate of drug-likeness (QED) is 0.486. The Bertz CT molecular complexity index is 198. The van der Waals surface area contributed by atoms with E-state index in [1.807, 2.05) is 0 Å². The number of nitrogens with two attached hydrogens (primary N) is 1. The molecule has 0 aliphatic heterocycles. The third-order valence-electron chi connectivity index (χ3n) is 1.84. The van der Waals surface area contributed by atoms with Crippen molar-refractivity contribution in [2.45, 2.75) is 19.8 Å². The lowest BCUT2D eigenvalue weighted by Crippen LogP contribution is -2.15. The summed E-state index contributed by atoms with van der Waals surface area (Å²) in [4.78, 5) is 20.9. The number of hydrogen-bond acceptors (Lipinski definition) is 5. The van der Waals surface area contributed by atoms with Gasteiger partial charge in [-0.2, -0.15) is 0 Å².